The highest BCUT2D eigenvalue weighted by Crippen LogP contribution is 2.40. The molecule has 0 amide bonds. The molecule has 1 aliphatic rings. The maximum atomic E-state index is 13.0. The summed E-state index contributed by atoms with van der Waals surface area (Å²) in [6.45, 7) is 7.16. The van der Waals surface area contributed by atoms with Crippen LogP contribution in [0.15, 0.2) is 51.7 Å². The van der Waals surface area contributed by atoms with Crippen LogP contribution >= 0.6 is 11.8 Å². The minimum atomic E-state index is -0.834. The van der Waals surface area contributed by atoms with Crippen LogP contribution in [0.4, 0.5) is 0 Å². The fourth-order valence-electron chi connectivity index (χ4n) is 3.23. The number of allylic oxidation sites excluding steroid dienone is 1. The molecule has 0 fully saturated rings. The smallest absolute Gasteiger partial charge is 0.355 e. The van der Waals surface area contributed by atoms with E-state index in [1.165, 1.54) is 0 Å². The van der Waals surface area contributed by atoms with Gasteiger partial charge in [0.2, 0.25) is 0 Å². The Morgan fingerprint density at radius 3 is 1.87 bits per heavy atom. The lowest BCUT2D eigenvalue weighted by molar-refractivity contribution is -0.143. The first-order chi connectivity index (χ1) is 14.4. The number of ether oxygens (including phenoxy) is 3. The van der Waals surface area contributed by atoms with Gasteiger partial charge in [-0.15, -0.1) is 11.8 Å². The van der Waals surface area contributed by atoms with Gasteiger partial charge in [0, 0.05) is 10.6 Å². The fourth-order valence-corrected chi connectivity index (χ4v) is 3.64. The van der Waals surface area contributed by atoms with E-state index >= 15 is 0 Å². The van der Waals surface area contributed by atoms with Crippen LogP contribution in [0.2, 0.25) is 0 Å². The molecule has 0 saturated heterocycles. The second kappa shape index (κ2) is 10.9. The molecule has 1 unspecified atom stereocenters. The maximum Gasteiger partial charge on any atom is 0.355 e. The zero-order valence-electron chi connectivity index (χ0n) is 17.9. The van der Waals surface area contributed by atoms with Crippen molar-refractivity contribution >= 4 is 29.7 Å². The van der Waals surface area contributed by atoms with Gasteiger partial charge in [0.05, 0.1) is 36.9 Å². The lowest BCUT2D eigenvalue weighted by Crippen LogP contribution is -2.36. The van der Waals surface area contributed by atoms with Crippen LogP contribution in [-0.2, 0) is 28.6 Å². The molecule has 1 N–H and O–H groups in total. The third-order valence-corrected chi connectivity index (χ3v) is 5.23. The highest BCUT2D eigenvalue weighted by Gasteiger charge is 2.41. The van der Waals surface area contributed by atoms with Crippen molar-refractivity contribution in [2.45, 2.75) is 38.5 Å². The topological polar surface area (TPSA) is 90.9 Å². The number of carbonyl (C=O) groups excluding carboxylic acids is 3. The summed E-state index contributed by atoms with van der Waals surface area (Å²) < 4.78 is 15.6. The molecule has 0 aromatic heterocycles. The Bertz CT molecular complexity index is 872. The van der Waals surface area contributed by atoms with Gasteiger partial charge >= 0.3 is 17.9 Å². The van der Waals surface area contributed by atoms with E-state index in [0.717, 1.165) is 4.90 Å². The predicted octanol–water partition coefficient (Wildman–Crippen LogP) is 3.31. The van der Waals surface area contributed by atoms with Crippen molar-refractivity contribution in [3.8, 4) is 0 Å². The lowest BCUT2D eigenvalue weighted by Gasteiger charge is -2.30. The Labute approximate surface area is 180 Å². The van der Waals surface area contributed by atoms with Gasteiger partial charge in [-0.1, -0.05) is 12.1 Å². The van der Waals surface area contributed by atoms with E-state index in [9.17, 15) is 14.4 Å². The number of benzene rings is 1. The van der Waals surface area contributed by atoms with E-state index in [1.54, 1.807) is 39.5 Å². The van der Waals surface area contributed by atoms with Crippen LogP contribution in [0, 0.1) is 0 Å². The van der Waals surface area contributed by atoms with E-state index in [-0.39, 0.29) is 36.7 Å². The number of hydrogen-bond donors (Lipinski definition) is 1. The van der Waals surface area contributed by atoms with Gasteiger partial charge in [-0.25, -0.2) is 14.4 Å². The Hall–Kier alpha value is -2.74. The summed E-state index contributed by atoms with van der Waals surface area (Å²) in [6.07, 6.45) is 1.95. The molecule has 8 heteroatoms. The number of rotatable bonds is 8. The van der Waals surface area contributed by atoms with E-state index in [1.807, 2.05) is 30.5 Å². The summed E-state index contributed by atoms with van der Waals surface area (Å²) in [5.41, 5.74) is 1.34. The molecule has 0 spiro atoms. The van der Waals surface area contributed by atoms with E-state index < -0.39 is 23.8 Å². The van der Waals surface area contributed by atoms with Gasteiger partial charge in [-0.05, 0) is 51.6 Å². The number of carbonyl (C=O) groups is 3. The number of dihydropyridines is 1. The highest BCUT2D eigenvalue weighted by atomic mass is 32.2. The van der Waals surface area contributed by atoms with Crippen LogP contribution in [0.5, 0.6) is 0 Å². The van der Waals surface area contributed by atoms with Gasteiger partial charge in [-0.3, -0.25) is 0 Å². The van der Waals surface area contributed by atoms with Crippen molar-refractivity contribution in [3.05, 3.63) is 52.4 Å². The van der Waals surface area contributed by atoms with Gasteiger partial charge in [0.25, 0.3) is 0 Å². The summed E-state index contributed by atoms with van der Waals surface area (Å²) in [6, 6.07) is 7.45. The molecule has 162 valence electrons. The number of esters is 3. The molecule has 0 aliphatic carbocycles. The van der Waals surface area contributed by atoms with Crippen molar-refractivity contribution in [3.63, 3.8) is 0 Å². The Kier molecular flexibility index (Phi) is 8.53. The minimum Gasteiger partial charge on any atom is -0.463 e. The molecule has 0 saturated carbocycles. The number of thioether (sulfide) groups is 1. The molecule has 7 nitrogen and oxygen atoms in total. The number of hydrogen-bond acceptors (Lipinski definition) is 8. The Morgan fingerprint density at radius 2 is 1.37 bits per heavy atom. The van der Waals surface area contributed by atoms with Crippen LogP contribution in [-0.4, -0.2) is 44.0 Å². The quantitative estimate of drug-likeness (QED) is 0.379. The summed E-state index contributed by atoms with van der Waals surface area (Å²) >= 11 is 1.57. The molecule has 0 bridgehead atoms. The van der Waals surface area contributed by atoms with Crippen LogP contribution in [0.25, 0.3) is 0 Å². The second-order valence-corrected chi connectivity index (χ2v) is 7.20. The second-order valence-electron chi connectivity index (χ2n) is 6.32. The summed E-state index contributed by atoms with van der Waals surface area (Å²) in [5, 5.41) is 2.88. The van der Waals surface area contributed by atoms with E-state index in [0.29, 0.717) is 11.3 Å². The first kappa shape index (κ1) is 23.5. The molecule has 1 heterocycles. The first-order valence-corrected chi connectivity index (χ1v) is 11.0. The number of nitrogens with one attached hydrogen (secondary N) is 1. The predicted molar refractivity (Wildman–Crippen MR) is 114 cm³/mol. The molecule has 0 radical (unpaired) electrons. The highest BCUT2D eigenvalue weighted by molar-refractivity contribution is 7.98. The van der Waals surface area contributed by atoms with Crippen molar-refractivity contribution in [1.29, 1.82) is 0 Å². The minimum absolute atomic E-state index is 0.0280. The third-order valence-electron chi connectivity index (χ3n) is 4.48. The molecule has 1 aromatic carbocycles. The maximum absolute atomic E-state index is 13.0. The average molecular weight is 434 g/mol. The molecule has 2 rings (SSSR count). The Morgan fingerprint density at radius 1 is 0.867 bits per heavy atom. The van der Waals surface area contributed by atoms with Crippen molar-refractivity contribution in [1.82, 2.24) is 5.32 Å². The van der Waals surface area contributed by atoms with Crippen molar-refractivity contribution in [2.75, 3.05) is 26.1 Å². The molecule has 1 aliphatic heterocycles. The van der Waals surface area contributed by atoms with Crippen molar-refractivity contribution in [2.24, 2.45) is 0 Å². The monoisotopic (exact) mass is 433 g/mol. The summed E-state index contributed by atoms with van der Waals surface area (Å²) in [7, 11) is 0. The lowest BCUT2D eigenvalue weighted by atomic mass is 9.80. The molecule has 30 heavy (non-hydrogen) atoms. The normalized spacial score (nSPS) is 16.1. The van der Waals surface area contributed by atoms with Crippen LogP contribution in [0.3, 0.4) is 0 Å². The molecule has 1 aromatic rings. The van der Waals surface area contributed by atoms with E-state index in [4.69, 9.17) is 14.2 Å². The molecular formula is C22H27NO6S. The first-order valence-electron chi connectivity index (χ1n) is 9.76. The zero-order valence-corrected chi connectivity index (χ0v) is 18.7. The molecular weight excluding hydrogens is 406 g/mol. The fraction of sp³-hybridized carbons (Fsp3) is 0.409. The van der Waals surface area contributed by atoms with Crippen molar-refractivity contribution < 1.29 is 28.6 Å². The summed E-state index contributed by atoms with van der Waals surface area (Å²) in [4.78, 5) is 39.5. The zero-order chi connectivity index (χ0) is 22.3. The van der Waals surface area contributed by atoms with Gasteiger partial charge < -0.3 is 19.5 Å². The van der Waals surface area contributed by atoms with Gasteiger partial charge in [-0.2, -0.15) is 0 Å². The molecule has 1 atom stereocenters. The summed E-state index contributed by atoms with van der Waals surface area (Å²) in [5.74, 6) is -2.78. The van der Waals surface area contributed by atoms with Gasteiger partial charge in [0.15, 0.2) is 0 Å². The average Bonchev–Trinajstić information content (AvgIpc) is 2.73. The standard InChI is InChI=1S/C22H27NO6S/c1-6-27-20(24)16-13(4)23-19(22(26)29-8-3)18(21(25)28-7-2)17(16)14-9-11-15(30-5)12-10-14/h9-12,17,23H,6-8H2,1-5H3. The van der Waals surface area contributed by atoms with Gasteiger partial charge in [0.1, 0.15) is 5.70 Å². The SMILES string of the molecule is CCOC(=O)C1=C(C(=O)OCC)C(c2ccc(SC)cc2)C(C(=O)OCC)=C(C)N1. The van der Waals surface area contributed by atoms with Crippen LogP contribution < -0.4 is 5.32 Å². The van der Waals surface area contributed by atoms with Crippen LogP contribution in [0.1, 0.15) is 39.2 Å². The van der Waals surface area contributed by atoms with E-state index in [2.05, 4.69) is 5.32 Å². The third kappa shape index (κ3) is 5.05. The Balaban J connectivity index is 2.74. The largest absolute Gasteiger partial charge is 0.463 e.